The van der Waals surface area contributed by atoms with Gasteiger partial charge in [-0.05, 0) is 26.2 Å². The molecular weight excluding hydrogens is 182 g/mol. The van der Waals surface area contributed by atoms with E-state index in [1.165, 1.54) is 0 Å². The molecule has 4 atom stereocenters. The Balaban J connectivity index is 2.12. The minimum Gasteiger partial charge on any atom is -0.481 e. The van der Waals surface area contributed by atoms with E-state index in [1.807, 2.05) is 6.92 Å². The lowest BCUT2D eigenvalue weighted by atomic mass is 9.89. The van der Waals surface area contributed by atoms with E-state index >= 15 is 0 Å². The van der Waals surface area contributed by atoms with E-state index in [2.05, 4.69) is 4.90 Å². The second-order valence-corrected chi connectivity index (χ2v) is 4.46. The van der Waals surface area contributed by atoms with Crippen LogP contribution in [0.15, 0.2) is 0 Å². The van der Waals surface area contributed by atoms with Crippen molar-refractivity contribution in [2.75, 3.05) is 6.61 Å². The number of aliphatic hydroxyl groups is 1. The van der Waals surface area contributed by atoms with Crippen LogP contribution in [0.25, 0.3) is 0 Å². The summed E-state index contributed by atoms with van der Waals surface area (Å²) in [6.45, 7) is 2.09. The fourth-order valence-corrected chi connectivity index (χ4v) is 3.08. The van der Waals surface area contributed by atoms with E-state index in [0.29, 0.717) is 6.04 Å². The molecule has 2 saturated heterocycles. The zero-order valence-electron chi connectivity index (χ0n) is 8.39. The Bertz CT molecular complexity index is 244. The molecule has 2 aliphatic rings. The molecule has 0 spiro atoms. The molecule has 0 radical (unpaired) electrons. The van der Waals surface area contributed by atoms with Gasteiger partial charge in [-0.25, -0.2) is 0 Å². The fraction of sp³-hybridized carbons (Fsp3) is 0.900. The van der Waals surface area contributed by atoms with Crippen molar-refractivity contribution in [1.29, 1.82) is 0 Å². The number of nitrogens with zero attached hydrogens (tertiary/aromatic N) is 1. The number of hydrogen-bond donors (Lipinski definition) is 2. The van der Waals surface area contributed by atoms with E-state index < -0.39 is 5.97 Å². The Labute approximate surface area is 83.5 Å². The van der Waals surface area contributed by atoms with Crippen LogP contribution in [-0.2, 0) is 4.79 Å². The normalized spacial score (nSPS) is 38.9. The summed E-state index contributed by atoms with van der Waals surface area (Å²) in [5.74, 6) is -0.880. The lowest BCUT2D eigenvalue weighted by Crippen LogP contribution is -2.41. The number of fused-ring (bicyclic) bond motifs is 2. The molecule has 2 rings (SSSR count). The molecular formula is C10H17NO3. The van der Waals surface area contributed by atoms with Crippen LogP contribution in [-0.4, -0.2) is 45.8 Å². The highest BCUT2D eigenvalue weighted by atomic mass is 16.4. The van der Waals surface area contributed by atoms with E-state index in [1.54, 1.807) is 0 Å². The maximum Gasteiger partial charge on any atom is 0.308 e. The predicted molar refractivity (Wildman–Crippen MR) is 50.9 cm³/mol. The lowest BCUT2D eigenvalue weighted by molar-refractivity contribution is -0.142. The molecule has 2 fully saturated rings. The summed E-state index contributed by atoms with van der Waals surface area (Å²) in [6.07, 6.45) is 2.84. The Morgan fingerprint density at radius 3 is 2.79 bits per heavy atom. The maximum atomic E-state index is 11.0. The molecule has 4 heteroatoms. The van der Waals surface area contributed by atoms with Crippen molar-refractivity contribution in [2.45, 2.75) is 44.3 Å². The van der Waals surface area contributed by atoms with Gasteiger partial charge in [-0.3, -0.25) is 9.69 Å². The molecule has 2 bridgehead atoms. The van der Waals surface area contributed by atoms with Crippen LogP contribution in [0, 0.1) is 5.92 Å². The molecule has 2 N–H and O–H groups in total. The van der Waals surface area contributed by atoms with Crippen LogP contribution in [0.1, 0.15) is 26.2 Å². The topological polar surface area (TPSA) is 60.8 Å². The van der Waals surface area contributed by atoms with Gasteiger partial charge in [0.2, 0.25) is 0 Å². The monoisotopic (exact) mass is 199 g/mol. The van der Waals surface area contributed by atoms with Crippen molar-refractivity contribution >= 4 is 5.97 Å². The second-order valence-electron chi connectivity index (χ2n) is 4.46. The van der Waals surface area contributed by atoms with Crippen molar-refractivity contribution in [3.63, 3.8) is 0 Å². The fourth-order valence-electron chi connectivity index (χ4n) is 3.08. The first-order chi connectivity index (χ1) is 6.65. The molecule has 0 aliphatic carbocycles. The zero-order valence-corrected chi connectivity index (χ0v) is 8.39. The van der Waals surface area contributed by atoms with Gasteiger partial charge in [0.15, 0.2) is 0 Å². The van der Waals surface area contributed by atoms with Crippen LogP contribution in [0.4, 0.5) is 0 Å². The summed E-state index contributed by atoms with van der Waals surface area (Å²) < 4.78 is 0. The largest absolute Gasteiger partial charge is 0.481 e. The summed E-state index contributed by atoms with van der Waals surface area (Å²) in [6, 6.07) is 0.666. The highest BCUT2D eigenvalue weighted by Crippen LogP contribution is 2.42. The van der Waals surface area contributed by atoms with Crippen LogP contribution >= 0.6 is 0 Å². The maximum absolute atomic E-state index is 11.0. The molecule has 4 unspecified atom stereocenters. The average Bonchev–Trinajstić information content (AvgIpc) is 2.73. The van der Waals surface area contributed by atoms with Gasteiger partial charge in [0.1, 0.15) is 0 Å². The summed E-state index contributed by atoms with van der Waals surface area (Å²) in [4.78, 5) is 13.2. The van der Waals surface area contributed by atoms with E-state index in [-0.39, 0.29) is 24.6 Å². The smallest absolute Gasteiger partial charge is 0.308 e. The Morgan fingerprint density at radius 1 is 1.57 bits per heavy atom. The number of rotatable bonds is 3. The van der Waals surface area contributed by atoms with Gasteiger partial charge in [-0.1, -0.05) is 0 Å². The summed E-state index contributed by atoms with van der Waals surface area (Å²) >= 11 is 0. The van der Waals surface area contributed by atoms with E-state index in [0.717, 1.165) is 19.3 Å². The van der Waals surface area contributed by atoms with Crippen LogP contribution in [0.3, 0.4) is 0 Å². The van der Waals surface area contributed by atoms with Gasteiger partial charge in [0, 0.05) is 18.1 Å². The SMILES string of the molecule is CC(CO)N1C2CCC1C(C(=O)O)C2. The lowest BCUT2D eigenvalue weighted by Gasteiger charge is -2.28. The minimum absolute atomic E-state index is 0.108. The van der Waals surface area contributed by atoms with Gasteiger partial charge < -0.3 is 10.2 Å². The highest BCUT2D eigenvalue weighted by Gasteiger charge is 2.50. The van der Waals surface area contributed by atoms with Gasteiger partial charge >= 0.3 is 5.97 Å². The molecule has 14 heavy (non-hydrogen) atoms. The van der Waals surface area contributed by atoms with Crippen molar-refractivity contribution < 1.29 is 15.0 Å². The third-order valence-electron chi connectivity index (χ3n) is 3.68. The highest BCUT2D eigenvalue weighted by molar-refractivity contribution is 5.71. The Kier molecular flexibility index (Phi) is 2.49. The second kappa shape index (κ2) is 3.51. The van der Waals surface area contributed by atoms with Crippen LogP contribution < -0.4 is 0 Å². The third-order valence-corrected chi connectivity index (χ3v) is 3.68. The molecule has 80 valence electrons. The molecule has 0 aromatic carbocycles. The number of hydrogen-bond acceptors (Lipinski definition) is 3. The van der Waals surface area contributed by atoms with Gasteiger partial charge in [-0.15, -0.1) is 0 Å². The first-order valence-corrected chi connectivity index (χ1v) is 5.26. The molecule has 2 heterocycles. The van der Waals surface area contributed by atoms with Gasteiger partial charge in [-0.2, -0.15) is 0 Å². The standard InChI is InChI=1S/C10H17NO3/c1-6(5-12)11-7-2-3-9(11)8(4-7)10(13)14/h6-9,12H,2-5H2,1H3,(H,13,14). The van der Waals surface area contributed by atoms with Crippen molar-refractivity contribution in [3.05, 3.63) is 0 Å². The van der Waals surface area contributed by atoms with Crippen molar-refractivity contribution in [1.82, 2.24) is 4.90 Å². The van der Waals surface area contributed by atoms with Crippen molar-refractivity contribution in [3.8, 4) is 0 Å². The molecule has 0 aromatic rings. The zero-order chi connectivity index (χ0) is 10.3. The number of carboxylic acids is 1. The molecule has 0 amide bonds. The number of aliphatic hydroxyl groups excluding tert-OH is 1. The summed E-state index contributed by atoms with van der Waals surface area (Å²) in [5.41, 5.74) is 0. The number of carbonyl (C=O) groups is 1. The summed E-state index contributed by atoms with van der Waals surface area (Å²) in [7, 11) is 0. The quantitative estimate of drug-likeness (QED) is 0.686. The number of aliphatic carboxylic acids is 1. The van der Waals surface area contributed by atoms with Crippen molar-refractivity contribution in [2.24, 2.45) is 5.92 Å². The van der Waals surface area contributed by atoms with Crippen LogP contribution in [0.2, 0.25) is 0 Å². The molecule has 0 saturated carbocycles. The first kappa shape index (κ1) is 9.93. The van der Waals surface area contributed by atoms with Gasteiger partial charge in [0.25, 0.3) is 0 Å². The summed E-state index contributed by atoms with van der Waals surface area (Å²) in [5, 5.41) is 18.1. The van der Waals surface area contributed by atoms with E-state index in [9.17, 15) is 4.79 Å². The van der Waals surface area contributed by atoms with Gasteiger partial charge in [0.05, 0.1) is 12.5 Å². The average molecular weight is 199 g/mol. The molecule has 4 nitrogen and oxygen atoms in total. The Hall–Kier alpha value is -0.610. The first-order valence-electron chi connectivity index (χ1n) is 5.26. The van der Waals surface area contributed by atoms with Crippen LogP contribution in [0.5, 0.6) is 0 Å². The molecule has 0 aromatic heterocycles. The predicted octanol–water partition coefficient (Wildman–Crippen LogP) is 0.305. The molecule has 2 aliphatic heterocycles. The third kappa shape index (κ3) is 1.33. The van der Waals surface area contributed by atoms with E-state index in [4.69, 9.17) is 10.2 Å². The minimum atomic E-state index is -0.674. The Morgan fingerprint density at radius 2 is 2.29 bits per heavy atom. The number of carboxylic acid groups (broad SMARTS) is 1.